The number of hydrogen-bond acceptors (Lipinski definition) is 5. The Morgan fingerprint density at radius 3 is 2.41 bits per heavy atom. The van der Waals surface area contributed by atoms with Crippen LogP contribution in [0.4, 0.5) is 13.6 Å². The maximum Gasteiger partial charge on any atom is 0.325 e. The Morgan fingerprint density at radius 2 is 1.81 bits per heavy atom. The van der Waals surface area contributed by atoms with Gasteiger partial charge in [-0.25, -0.2) is 26.7 Å². The van der Waals surface area contributed by atoms with Crippen LogP contribution in [0, 0.1) is 11.6 Å². The maximum absolute atomic E-state index is 13.9. The van der Waals surface area contributed by atoms with Crippen LogP contribution in [0.5, 0.6) is 0 Å². The van der Waals surface area contributed by atoms with Crippen LogP contribution in [0.1, 0.15) is 35.7 Å². The van der Waals surface area contributed by atoms with Gasteiger partial charge in [-0.1, -0.05) is 12.1 Å². The summed E-state index contributed by atoms with van der Waals surface area (Å²) in [6, 6.07) is 6.93. The lowest BCUT2D eigenvalue weighted by molar-refractivity contribution is -0.130. The minimum absolute atomic E-state index is 0.0207. The van der Waals surface area contributed by atoms with Crippen LogP contribution in [0.25, 0.3) is 0 Å². The number of amides is 3. The average molecular weight is 463 g/mol. The number of carbonyl (C=O) groups is 3. The largest absolute Gasteiger partial charge is 0.325 e. The molecule has 3 amide bonds. The van der Waals surface area contributed by atoms with Gasteiger partial charge in [0, 0.05) is 12.1 Å². The first kappa shape index (κ1) is 22.0. The summed E-state index contributed by atoms with van der Waals surface area (Å²) in [6.07, 6.45) is 1.57. The quantitative estimate of drug-likeness (QED) is 0.482. The van der Waals surface area contributed by atoms with Crippen LogP contribution in [-0.2, 0) is 20.4 Å². The van der Waals surface area contributed by atoms with Gasteiger partial charge in [0.25, 0.3) is 5.91 Å². The number of sulfonamides is 1. The molecule has 11 heteroatoms. The number of Topliss-reactive ketones (excluding diaryl/α,β-unsaturated/α-hetero) is 1. The van der Waals surface area contributed by atoms with Crippen molar-refractivity contribution in [3.63, 3.8) is 0 Å². The number of hydrogen-bond donors (Lipinski definition) is 2. The number of urea groups is 1. The summed E-state index contributed by atoms with van der Waals surface area (Å²) in [4.78, 5) is 38.5. The molecule has 2 fully saturated rings. The van der Waals surface area contributed by atoms with E-state index < -0.39 is 57.0 Å². The number of carbonyl (C=O) groups excluding carboxylic acids is 3. The first-order chi connectivity index (χ1) is 15.0. The molecule has 0 aromatic heterocycles. The van der Waals surface area contributed by atoms with Crippen LogP contribution in [0.15, 0.2) is 47.4 Å². The van der Waals surface area contributed by atoms with Gasteiger partial charge >= 0.3 is 6.03 Å². The molecule has 1 aliphatic heterocycles. The van der Waals surface area contributed by atoms with E-state index in [4.69, 9.17) is 0 Å². The van der Waals surface area contributed by atoms with E-state index in [1.54, 1.807) is 0 Å². The zero-order valence-electron chi connectivity index (χ0n) is 16.9. The number of benzene rings is 2. The second kappa shape index (κ2) is 7.75. The summed E-state index contributed by atoms with van der Waals surface area (Å²) < 4.78 is 54.1. The molecule has 168 valence electrons. The second-order valence-electron chi connectivity index (χ2n) is 7.91. The number of imide groups is 1. The standard InChI is InChI=1S/C21H19F2N3O5S/c1-21(12-2-7-15(8-3-12)32(30,31)25-14-5-6-14)19(28)26(20(29)24-21)11-18(27)16-9-4-13(22)10-17(16)23/h2-4,7-10,14,25H,5-6,11H2,1H3,(H,24,29). The summed E-state index contributed by atoms with van der Waals surface area (Å²) >= 11 is 0. The van der Waals surface area contributed by atoms with Crippen LogP contribution < -0.4 is 10.0 Å². The monoisotopic (exact) mass is 463 g/mol. The van der Waals surface area contributed by atoms with E-state index in [-0.39, 0.29) is 10.9 Å². The highest BCUT2D eigenvalue weighted by Gasteiger charge is 2.49. The molecule has 2 N–H and O–H groups in total. The molecular formula is C21H19F2N3O5S. The predicted molar refractivity (Wildman–Crippen MR) is 108 cm³/mol. The van der Waals surface area contributed by atoms with E-state index in [9.17, 15) is 31.6 Å². The van der Waals surface area contributed by atoms with Crippen molar-refractivity contribution in [3.05, 3.63) is 65.2 Å². The van der Waals surface area contributed by atoms with Gasteiger partial charge in [-0.05, 0) is 49.6 Å². The lowest BCUT2D eigenvalue weighted by Crippen LogP contribution is -2.41. The van der Waals surface area contributed by atoms with E-state index in [1.165, 1.54) is 31.2 Å². The molecule has 0 radical (unpaired) electrons. The molecule has 8 nitrogen and oxygen atoms in total. The van der Waals surface area contributed by atoms with E-state index in [0.29, 0.717) is 16.5 Å². The lowest BCUT2D eigenvalue weighted by atomic mass is 9.92. The minimum atomic E-state index is -3.69. The Balaban J connectivity index is 1.53. The number of ketones is 1. The SMILES string of the molecule is CC1(c2ccc(S(=O)(=O)NC3CC3)cc2)NC(=O)N(CC(=O)c2ccc(F)cc2F)C1=O. The molecule has 1 heterocycles. The molecule has 1 aliphatic carbocycles. The zero-order chi connectivity index (χ0) is 23.3. The summed E-state index contributed by atoms with van der Waals surface area (Å²) in [7, 11) is -3.69. The summed E-state index contributed by atoms with van der Waals surface area (Å²) in [6.45, 7) is 0.683. The number of rotatable bonds is 7. The Bertz CT molecular complexity index is 1230. The van der Waals surface area contributed by atoms with Gasteiger partial charge < -0.3 is 5.32 Å². The van der Waals surface area contributed by atoms with Crippen LogP contribution in [-0.4, -0.2) is 43.6 Å². The van der Waals surface area contributed by atoms with Gasteiger partial charge in [-0.2, -0.15) is 0 Å². The smallest absolute Gasteiger partial charge is 0.319 e. The molecule has 4 rings (SSSR count). The Morgan fingerprint density at radius 1 is 1.16 bits per heavy atom. The topological polar surface area (TPSA) is 113 Å². The van der Waals surface area contributed by atoms with Gasteiger partial charge in [0.2, 0.25) is 10.0 Å². The summed E-state index contributed by atoms with van der Waals surface area (Å²) in [5.74, 6) is -3.59. The fraction of sp³-hybridized carbons (Fsp3) is 0.286. The Labute approximate surface area is 182 Å². The van der Waals surface area contributed by atoms with E-state index >= 15 is 0 Å². The third-order valence-corrected chi connectivity index (χ3v) is 6.99. The van der Waals surface area contributed by atoms with Crippen molar-refractivity contribution in [1.29, 1.82) is 0 Å². The van der Waals surface area contributed by atoms with Crippen molar-refractivity contribution in [2.45, 2.75) is 36.2 Å². The van der Waals surface area contributed by atoms with E-state index in [1.807, 2.05) is 0 Å². The Kier molecular flexibility index (Phi) is 5.33. The first-order valence-corrected chi connectivity index (χ1v) is 11.2. The molecule has 2 aromatic carbocycles. The first-order valence-electron chi connectivity index (χ1n) is 9.76. The number of nitrogens with one attached hydrogen (secondary N) is 2. The molecule has 32 heavy (non-hydrogen) atoms. The fourth-order valence-electron chi connectivity index (χ4n) is 3.44. The predicted octanol–water partition coefficient (Wildman–Crippen LogP) is 2.06. The number of halogens is 2. The van der Waals surface area contributed by atoms with Crippen molar-refractivity contribution >= 4 is 27.7 Å². The normalized spacial score (nSPS) is 21.0. The summed E-state index contributed by atoms with van der Waals surface area (Å²) in [5.41, 5.74) is -1.69. The zero-order valence-corrected chi connectivity index (χ0v) is 17.7. The van der Waals surface area contributed by atoms with E-state index in [2.05, 4.69) is 10.0 Å². The van der Waals surface area contributed by atoms with Crippen LogP contribution >= 0.6 is 0 Å². The highest BCUT2D eigenvalue weighted by Crippen LogP contribution is 2.30. The molecule has 0 spiro atoms. The minimum Gasteiger partial charge on any atom is -0.319 e. The highest BCUT2D eigenvalue weighted by molar-refractivity contribution is 7.89. The molecule has 1 saturated heterocycles. The third-order valence-electron chi connectivity index (χ3n) is 5.45. The summed E-state index contributed by atoms with van der Waals surface area (Å²) in [5, 5.41) is 2.49. The van der Waals surface area contributed by atoms with Crippen molar-refractivity contribution in [2.75, 3.05) is 6.54 Å². The van der Waals surface area contributed by atoms with Gasteiger partial charge in [0.1, 0.15) is 17.2 Å². The third kappa shape index (κ3) is 4.00. The van der Waals surface area contributed by atoms with Gasteiger partial charge in [-0.15, -0.1) is 0 Å². The molecule has 0 bridgehead atoms. The average Bonchev–Trinajstić information content (AvgIpc) is 3.50. The van der Waals surface area contributed by atoms with Crippen LogP contribution in [0.2, 0.25) is 0 Å². The van der Waals surface area contributed by atoms with Gasteiger partial charge in [-0.3, -0.25) is 14.5 Å². The van der Waals surface area contributed by atoms with Crippen molar-refractivity contribution in [1.82, 2.24) is 14.9 Å². The maximum atomic E-state index is 13.9. The molecule has 2 aliphatic rings. The molecule has 1 atom stereocenters. The van der Waals surface area contributed by atoms with Crippen molar-refractivity contribution in [3.8, 4) is 0 Å². The molecule has 1 saturated carbocycles. The molecular weight excluding hydrogens is 444 g/mol. The van der Waals surface area contributed by atoms with Crippen LogP contribution in [0.3, 0.4) is 0 Å². The fourth-order valence-corrected chi connectivity index (χ4v) is 4.74. The van der Waals surface area contributed by atoms with E-state index in [0.717, 1.165) is 25.0 Å². The molecule has 1 unspecified atom stereocenters. The molecule has 2 aromatic rings. The lowest BCUT2D eigenvalue weighted by Gasteiger charge is -2.22. The van der Waals surface area contributed by atoms with Crippen molar-refractivity contribution < 1.29 is 31.6 Å². The van der Waals surface area contributed by atoms with Gasteiger partial charge in [0.05, 0.1) is 17.0 Å². The van der Waals surface area contributed by atoms with Crippen molar-refractivity contribution in [2.24, 2.45) is 0 Å². The second-order valence-corrected chi connectivity index (χ2v) is 9.63. The number of nitrogens with zero attached hydrogens (tertiary/aromatic N) is 1. The van der Waals surface area contributed by atoms with Gasteiger partial charge in [0.15, 0.2) is 5.78 Å². The highest BCUT2D eigenvalue weighted by atomic mass is 32.2. The Hall–Kier alpha value is -3.18.